The number of rotatable bonds is 4. The predicted molar refractivity (Wildman–Crippen MR) is 112 cm³/mol. The molecule has 0 radical (unpaired) electrons. The average molecular weight is 397 g/mol. The van der Waals surface area contributed by atoms with Crippen LogP contribution in [0.15, 0.2) is 41.9 Å². The van der Waals surface area contributed by atoms with Crippen LogP contribution < -0.4 is 9.64 Å². The largest absolute Gasteiger partial charge is 0.497 e. The van der Waals surface area contributed by atoms with Crippen molar-refractivity contribution in [1.29, 1.82) is 0 Å². The van der Waals surface area contributed by atoms with E-state index in [0.717, 1.165) is 46.6 Å². The minimum Gasteiger partial charge on any atom is -0.497 e. The van der Waals surface area contributed by atoms with Crippen molar-refractivity contribution in [2.75, 3.05) is 38.2 Å². The van der Waals surface area contributed by atoms with Gasteiger partial charge in [-0.05, 0) is 32.0 Å². The molecule has 0 unspecified atom stereocenters. The number of hydrogen-bond acceptors (Lipinski definition) is 5. The molecule has 0 spiro atoms. The summed E-state index contributed by atoms with van der Waals surface area (Å²) in [6.07, 6.45) is 1.82. The third kappa shape index (κ3) is 3.38. The van der Waals surface area contributed by atoms with Gasteiger partial charge in [0, 0.05) is 60.9 Å². The van der Waals surface area contributed by atoms with E-state index in [-0.39, 0.29) is 5.91 Å². The fourth-order valence-electron chi connectivity index (χ4n) is 3.77. The second-order valence-corrected chi connectivity index (χ2v) is 7.79. The van der Waals surface area contributed by atoms with Crippen molar-refractivity contribution in [2.24, 2.45) is 0 Å². The van der Waals surface area contributed by atoms with E-state index in [1.54, 1.807) is 18.4 Å². The van der Waals surface area contributed by atoms with Crippen molar-refractivity contribution in [2.45, 2.75) is 13.8 Å². The van der Waals surface area contributed by atoms with Gasteiger partial charge in [-0.1, -0.05) is 6.07 Å². The maximum absolute atomic E-state index is 13.2. The molecule has 4 rings (SSSR count). The summed E-state index contributed by atoms with van der Waals surface area (Å²) in [7, 11) is 1.66. The monoisotopic (exact) mass is 396 g/mol. The molecule has 146 valence electrons. The first kappa shape index (κ1) is 18.6. The molecule has 28 heavy (non-hydrogen) atoms. The first-order valence-corrected chi connectivity index (χ1v) is 10.2. The highest BCUT2D eigenvalue weighted by Crippen LogP contribution is 2.25. The molecule has 3 aromatic rings. The molecular weight excluding hydrogens is 372 g/mol. The standard InChI is InChI=1S/C21H24N4O2S/c1-15-13-19(16(2)25(15)17-5-4-6-18(14-17)27-3)20(26)23-8-10-24(11-9-23)21-22-7-12-28-21/h4-7,12-14H,8-11H2,1-3H3. The van der Waals surface area contributed by atoms with Crippen molar-refractivity contribution in [3.05, 3.63) is 58.9 Å². The van der Waals surface area contributed by atoms with Gasteiger partial charge in [0.15, 0.2) is 5.13 Å². The fraction of sp³-hybridized carbons (Fsp3) is 0.333. The van der Waals surface area contributed by atoms with E-state index in [9.17, 15) is 4.79 Å². The van der Waals surface area contributed by atoms with Gasteiger partial charge in [0.2, 0.25) is 0 Å². The molecule has 0 atom stereocenters. The Kier molecular flexibility index (Phi) is 5.09. The number of carbonyl (C=O) groups is 1. The van der Waals surface area contributed by atoms with Gasteiger partial charge in [-0.3, -0.25) is 4.79 Å². The first-order chi connectivity index (χ1) is 13.6. The number of piperazine rings is 1. The van der Waals surface area contributed by atoms with Gasteiger partial charge in [0.25, 0.3) is 5.91 Å². The van der Waals surface area contributed by atoms with Crippen LogP contribution in [0.5, 0.6) is 5.75 Å². The Morgan fingerprint density at radius 2 is 1.93 bits per heavy atom. The number of methoxy groups -OCH3 is 1. The molecule has 1 amide bonds. The summed E-state index contributed by atoms with van der Waals surface area (Å²) < 4.78 is 7.46. The number of thiazole rings is 1. The molecule has 1 fully saturated rings. The smallest absolute Gasteiger partial charge is 0.255 e. The van der Waals surface area contributed by atoms with E-state index in [2.05, 4.69) is 14.5 Å². The van der Waals surface area contributed by atoms with E-state index in [4.69, 9.17) is 4.74 Å². The molecule has 6 nitrogen and oxygen atoms in total. The molecule has 7 heteroatoms. The van der Waals surface area contributed by atoms with Crippen LogP contribution >= 0.6 is 11.3 Å². The topological polar surface area (TPSA) is 50.6 Å². The van der Waals surface area contributed by atoms with Crippen molar-refractivity contribution >= 4 is 22.4 Å². The summed E-state index contributed by atoms with van der Waals surface area (Å²) >= 11 is 1.64. The molecule has 0 aliphatic carbocycles. The molecule has 0 bridgehead atoms. The quantitative estimate of drug-likeness (QED) is 0.677. The predicted octanol–water partition coefficient (Wildman–Crippen LogP) is 3.52. The van der Waals surface area contributed by atoms with Gasteiger partial charge in [-0.2, -0.15) is 0 Å². The third-order valence-corrected chi connectivity index (χ3v) is 6.06. The van der Waals surface area contributed by atoms with Gasteiger partial charge in [-0.15, -0.1) is 11.3 Å². The average Bonchev–Trinajstić information content (AvgIpc) is 3.36. The lowest BCUT2D eigenvalue weighted by molar-refractivity contribution is 0.0746. The Morgan fingerprint density at radius 3 is 2.61 bits per heavy atom. The minimum absolute atomic E-state index is 0.0982. The van der Waals surface area contributed by atoms with Gasteiger partial charge in [-0.25, -0.2) is 4.98 Å². The molecule has 3 heterocycles. The number of ether oxygens (including phenoxy) is 1. The van der Waals surface area contributed by atoms with Gasteiger partial charge in [0.05, 0.1) is 12.7 Å². The van der Waals surface area contributed by atoms with Crippen LogP contribution in [0, 0.1) is 13.8 Å². The van der Waals surface area contributed by atoms with Crippen LogP contribution in [0.3, 0.4) is 0 Å². The minimum atomic E-state index is 0.0982. The fourth-order valence-corrected chi connectivity index (χ4v) is 4.47. The summed E-state index contributed by atoms with van der Waals surface area (Å²) in [4.78, 5) is 21.8. The summed E-state index contributed by atoms with van der Waals surface area (Å²) in [6, 6.07) is 9.90. The zero-order chi connectivity index (χ0) is 19.7. The van der Waals surface area contributed by atoms with E-state index < -0.39 is 0 Å². The van der Waals surface area contributed by atoms with Crippen molar-refractivity contribution < 1.29 is 9.53 Å². The highest BCUT2D eigenvalue weighted by Gasteiger charge is 2.26. The highest BCUT2D eigenvalue weighted by molar-refractivity contribution is 7.13. The number of carbonyl (C=O) groups excluding carboxylic acids is 1. The zero-order valence-electron chi connectivity index (χ0n) is 16.4. The summed E-state index contributed by atoms with van der Waals surface area (Å²) in [5, 5.41) is 3.02. The number of nitrogens with zero attached hydrogens (tertiary/aromatic N) is 4. The lowest BCUT2D eigenvalue weighted by Crippen LogP contribution is -2.48. The van der Waals surface area contributed by atoms with E-state index in [0.29, 0.717) is 13.1 Å². The number of hydrogen-bond donors (Lipinski definition) is 0. The van der Waals surface area contributed by atoms with Crippen LogP contribution in [0.4, 0.5) is 5.13 Å². The normalized spacial score (nSPS) is 14.4. The Hall–Kier alpha value is -2.80. The molecule has 0 N–H and O–H groups in total. The Morgan fingerprint density at radius 1 is 1.14 bits per heavy atom. The molecule has 1 aromatic carbocycles. The SMILES string of the molecule is COc1cccc(-n2c(C)cc(C(=O)N3CCN(c4nccs4)CC3)c2C)c1. The molecule has 1 aliphatic heterocycles. The summed E-state index contributed by atoms with van der Waals surface area (Å²) in [5.41, 5.74) is 3.76. The summed E-state index contributed by atoms with van der Waals surface area (Å²) in [5.74, 6) is 0.900. The Bertz CT molecular complexity index is 972. The Balaban J connectivity index is 1.54. The van der Waals surface area contributed by atoms with Crippen molar-refractivity contribution in [1.82, 2.24) is 14.5 Å². The second-order valence-electron chi connectivity index (χ2n) is 6.92. The molecular formula is C21H24N4O2S. The number of aromatic nitrogens is 2. The molecule has 1 aliphatic rings. The second kappa shape index (κ2) is 7.67. The number of benzene rings is 1. The first-order valence-electron chi connectivity index (χ1n) is 9.35. The van der Waals surface area contributed by atoms with Crippen LogP contribution in [0.25, 0.3) is 5.69 Å². The van der Waals surface area contributed by atoms with E-state index in [1.165, 1.54) is 0 Å². The molecule has 1 saturated heterocycles. The summed E-state index contributed by atoms with van der Waals surface area (Å²) in [6.45, 7) is 7.08. The van der Waals surface area contributed by atoms with Crippen LogP contribution in [-0.4, -0.2) is 53.6 Å². The molecule has 2 aromatic heterocycles. The lowest BCUT2D eigenvalue weighted by atomic mass is 10.2. The maximum atomic E-state index is 13.2. The number of amides is 1. The van der Waals surface area contributed by atoms with Gasteiger partial charge < -0.3 is 19.1 Å². The lowest BCUT2D eigenvalue weighted by Gasteiger charge is -2.34. The zero-order valence-corrected chi connectivity index (χ0v) is 17.2. The number of anilines is 1. The van der Waals surface area contributed by atoms with E-state index in [1.807, 2.05) is 60.7 Å². The van der Waals surface area contributed by atoms with Gasteiger partial charge >= 0.3 is 0 Å². The number of aryl methyl sites for hydroxylation is 1. The van der Waals surface area contributed by atoms with E-state index >= 15 is 0 Å². The van der Waals surface area contributed by atoms with Crippen LogP contribution in [-0.2, 0) is 0 Å². The van der Waals surface area contributed by atoms with Crippen molar-refractivity contribution in [3.8, 4) is 11.4 Å². The van der Waals surface area contributed by atoms with Crippen molar-refractivity contribution in [3.63, 3.8) is 0 Å². The maximum Gasteiger partial charge on any atom is 0.255 e. The van der Waals surface area contributed by atoms with Gasteiger partial charge in [0.1, 0.15) is 5.75 Å². The molecule has 0 saturated carbocycles. The Labute approximate surface area is 169 Å². The van der Waals surface area contributed by atoms with Crippen LogP contribution in [0.2, 0.25) is 0 Å². The van der Waals surface area contributed by atoms with Crippen LogP contribution in [0.1, 0.15) is 21.7 Å². The third-order valence-electron chi connectivity index (χ3n) is 5.23. The highest BCUT2D eigenvalue weighted by atomic mass is 32.1.